The number of nitrogens with zero attached hydrogens (tertiary/aromatic N) is 4. The highest BCUT2D eigenvalue weighted by molar-refractivity contribution is 6.33. The summed E-state index contributed by atoms with van der Waals surface area (Å²) >= 11 is 6.08. The fraction of sp³-hybridized carbons (Fsp3) is 0.133. The summed E-state index contributed by atoms with van der Waals surface area (Å²) in [4.78, 5) is 0. The van der Waals surface area contributed by atoms with Crippen LogP contribution in [0.15, 0.2) is 48.5 Å². The minimum atomic E-state index is -0.00502. The zero-order valence-corrected chi connectivity index (χ0v) is 12.2. The molecule has 5 nitrogen and oxygen atoms in total. The van der Waals surface area contributed by atoms with Crippen LogP contribution in [0.3, 0.4) is 0 Å². The molecule has 0 saturated carbocycles. The van der Waals surface area contributed by atoms with Gasteiger partial charge in [0, 0.05) is 5.56 Å². The standard InChI is InChI=1S/C15H14ClN5/c1-10(11-6-3-2-4-7-11)21-15(18-19-20-21)12-8-5-9-13(16)14(12)17/h2-10H,17H2,1H3. The molecule has 0 aliphatic heterocycles. The molecular formula is C15H14ClN5. The third-order valence-electron chi connectivity index (χ3n) is 3.44. The smallest absolute Gasteiger partial charge is 0.184 e. The summed E-state index contributed by atoms with van der Waals surface area (Å²) in [6.07, 6.45) is 0. The quantitative estimate of drug-likeness (QED) is 0.754. The van der Waals surface area contributed by atoms with Crippen LogP contribution in [-0.2, 0) is 0 Å². The van der Waals surface area contributed by atoms with Crippen molar-refractivity contribution in [2.24, 2.45) is 0 Å². The summed E-state index contributed by atoms with van der Waals surface area (Å²) in [6.45, 7) is 2.04. The fourth-order valence-corrected chi connectivity index (χ4v) is 2.41. The van der Waals surface area contributed by atoms with Crippen molar-refractivity contribution in [3.05, 3.63) is 59.1 Å². The van der Waals surface area contributed by atoms with E-state index in [4.69, 9.17) is 17.3 Å². The van der Waals surface area contributed by atoms with Gasteiger partial charge in [-0.1, -0.05) is 48.0 Å². The first-order valence-electron chi connectivity index (χ1n) is 6.55. The predicted octanol–water partition coefficient (Wildman–Crippen LogP) is 3.19. The summed E-state index contributed by atoms with van der Waals surface area (Å²) in [6, 6.07) is 15.5. The Bertz CT molecular complexity index is 754. The number of halogens is 1. The summed E-state index contributed by atoms with van der Waals surface area (Å²) < 4.78 is 1.75. The van der Waals surface area contributed by atoms with Crippen molar-refractivity contribution in [2.75, 3.05) is 5.73 Å². The minimum Gasteiger partial charge on any atom is -0.397 e. The Morgan fingerprint density at radius 2 is 1.86 bits per heavy atom. The number of hydrogen-bond acceptors (Lipinski definition) is 4. The van der Waals surface area contributed by atoms with Crippen LogP contribution in [0.4, 0.5) is 5.69 Å². The van der Waals surface area contributed by atoms with E-state index in [0.717, 1.165) is 11.1 Å². The van der Waals surface area contributed by atoms with Crippen molar-refractivity contribution in [3.63, 3.8) is 0 Å². The van der Waals surface area contributed by atoms with Gasteiger partial charge in [0.2, 0.25) is 0 Å². The molecule has 0 aliphatic carbocycles. The maximum absolute atomic E-state index is 6.08. The van der Waals surface area contributed by atoms with Crippen molar-refractivity contribution >= 4 is 17.3 Å². The topological polar surface area (TPSA) is 69.6 Å². The average molecular weight is 300 g/mol. The van der Waals surface area contributed by atoms with Crippen LogP contribution in [0.2, 0.25) is 5.02 Å². The van der Waals surface area contributed by atoms with Gasteiger partial charge in [0.1, 0.15) is 0 Å². The second-order valence-electron chi connectivity index (χ2n) is 4.73. The highest BCUT2D eigenvalue weighted by atomic mass is 35.5. The van der Waals surface area contributed by atoms with Crippen LogP contribution in [-0.4, -0.2) is 20.2 Å². The SMILES string of the molecule is CC(c1ccccc1)n1nnnc1-c1cccc(Cl)c1N. The lowest BCUT2D eigenvalue weighted by Crippen LogP contribution is -2.11. The molecule has 2 aromatic carbocycles. The van der Waals surface area contributed by atoms with E-state index in [1.54, 1.807) is 10.7 Å². The average Bonchev–Trinajstić information content (AvgIpc) is 2.99. The van der Waals surface area contributed by atoms with Crippen molar-refractivity contribution in [1.82, 2.24) is 20.2 Å². The second kappa shape index (κ2) is 5.54. The zero-order chi connectivity index (χ0) is 14.8. The molecule has 0 bridgehead atoms. The van der Waals surface area contributed by atoms with Crippen LogP contribution in [0, 0.1) is 0 Å². The lowest BCUT2D eigenvalue weighted by molar-refractivity contribution is 0.548. The molecule has 106 valence electrons. The molecule has 1 aromatic heterocycles. The highest BCUT2D eigenvalue weighted by Crippen LogP contribution is 2.31. The van der Waals surface area contributed by atoms with E-state index in [2.05, 4.69) is 15.5 Å². The summed E-state index contributed by atoms with van der Waals surface area (Å²) in [5, 5.41) is 12.5. The molecule has 0 saturated heterocycles. The molecule has 1 atom stereocenters. The number of nitrogen functional groups attached to an aromatic ring is 1. The lowest BCUT2D eigenvalue weighted by Gasteiger charge is -2.14. The van der Waals surface area contributed by atoms with Crippen LogP contribution in [0.25, 0.3) is 11.4 Å². The van der Waals surface area contributed by atoms with Crippen LogP contribution >= 0.6 is 11.6 Å². The number of nitrogens with two attached hydrogens (primary N) is 1. The van der Waals surface area contributed by atoms with Gasteiger partial charge >= 0.3 is 0 Å². The van der Waals surface area contributed by atoms with Gasteiger partial charge in [0.15, 0.2) is 5.82 Å². The van der Waals surface area contributed by atoms with Gasteiger partial charge in [-0.15, -0.1) is 5.10 Å². The van der Waals surface area contributed by atoms with Gasteiger partial charge in [-0.3, -0.25) is 0 Å². The van der Waals surface area contributed by atoms with Gasteiger partial charge in [0.05, 0.1) is 16.8 Å². The number of tetrazole rings is 1. The molecule has 1 heterocycles. The van der Waals surface area contributed by atoms with Crippen molar-refractivity contribution < 1.29 is 0 Å². The largest absolute Gasteiger partial charge is 0.397 e. The number of aromatic nitrogens is 4. The van der Waals surface area contributed by atoms with Gasteiger partial charge in [0.25, 0.3) is 0 Å². The lowest BCUT2D eigenvalue weighted by atomic mass is 10.1. The highest BCUT2D eigenvalue weighted by Gasteiger charge is 2.18. The molecule has 0 aliphatic rings. The van der Waals surface area contributed by atoms with Crippen LogP contribution in [0.1, 0.15) is 18.5 Å². The molecule has 0 fully saturated rings. The van der Waals surface area contributed by atoms with Gasteiger partial charge in [-0.05, 0) is 35.0 Å². The third-order valence-corrected chi connectivity index (χ3v) is 3.77. The summed E-state index contributed by atoms with van der Waals surface area (Å²) in [5.74, 6) is 0.603. The van der Waals surface area contributed by atoms with Gasteiger partial charge in [-0.25, -0.2) is 4.68 Å². The first-order valence-corrected chi connectivity index (χ1v) is 6.93. The Balaban J connectivity index is 2.08. The number of hydrogen-bond donors (Lipinski definition) is 1. The van der Waals surface area contributed by atoms with Crippen molar-refractivity contribution in [1.29, 1.82) is 0 Å². The maximum Gasteiger partial charge on any atom is 0.184 e. The molecule has 2 N–H and O–H groups in total. The Morgan fingerprint density at radius 1 is 1.10 bits per heavy atom. The van der Waals surface area contributed by atoms with Crippen molar-refractivity contribution in [3.8, 4) is 11.4 Å². The van der Waals surface area contributed by atoms with Gasteiger partial charge in [-0.2, -0.15) is 0 Å². The minimum absolute atomic E-state index is 0.00502. The van der Waals surface area contributed by atoms with E-state index in [0.29, 0.717) is 16.5 Å². The van der Waals surface area contributed by atoms with E-state index >= 15 is 0 Å². The van der Waals surface area contributed by atoms with E-state index < -0.39 is 0 Å². The number of rotatable bonds is 3. The van der Waals surface area contributed by atoms with Crippen LogP contribution in [0.5, 0.6) is 0 Å². The number of para-hydroxylation sites is 1. The molecule has 0 amide bonds. The second-order valence-corrected chi connectivity index (χ2v) is 5.14. The molecule has 6 heteroatoms. The summed E-state index contributed by atoms with van der Waals surface area (Å²) in [5.41, 5.74) is 8.37. The number of anilines is 1. The number of benzene rings is 2. The van der Waals surface area contributed by atoms with Crippen molar-refractivity contribution in [2.45, 2.75) is 13.0 Å². The molecular weight excluding hydrogens is 286 g/mol. The Morgan fingerprint density at radius 3 is 2.62 bits per heavy atom. The van der Waals surface area contributed by atoms with E-state index in [1.807, 2.05) is 49.4 Å². The Kier molecular flexibility index (Phi) is 3.58. The zero-order valence-electron chi connectivity index (χ0n) is 11.4. The molecule has 0 radical (unpaired) electrons. The maximum atomic E-state index is 6.08. The molecule has 1 unspecified atom stereocenters. The van der Waals surface area contributed by atoms with Gasteiger partial charge < -0.3 is 5.73 Å². The first kappa shape index (κ1) is 13.6. The van der Waals surface area contributed by atoms with Crippen LogP contribution < -0.4 is 5.73 Å². The fourth-order valence-electron chi connectivity index (χ4n) is 2.24. The molecule has 21 heavy (non-hydrogen) atoms. The predicted molar refractivity (Wildman–Crippen MR) is 82.9 cm³/mol. The monoisotopic (exact) mass is 299 g/mol. The normalized spacial score (nSPS) is 12.3. The third kappa shape index (κ3) is 2.48. The molecule has 3 rings (SSSR count). The first-order chi connectivity index (χ1) is 10.2. The Hall–Kier alpha value is -2.40. The van der Waals surface area contributed by atoms with E-state index in [9.17, 15) is 0 Å². The molecule has 0 spiro atoms. The summed E-state index contributed by atoms with van der Waals surface area (Å²) in [7, 11) is 0. The Labute approximate surface area is 127 Å². The van der Waals surface area contributed by atoms with E-state index in [-0.39, 0.29) is 6.04 Å². The molecule has 3 aromatic rings. The van der Waals surface area contributed by atoms with E-state index in [1.165, 1.54) is 0 Å².